The number of aromatic nitrogens is 3. The van der Waals surface area contributed by atoms with Gasteiger partial charge in [-0.1, -0.05) is 29.8 Å². The summed E-state index contributed by atoms with van der Waals surface area (Å²) >= 11 is 6.27. The lowest BCUT2D eigenvalue weighted by Gasteiger charge is -2.10. The number of nitrogens with two attached hydrogens (primary N) is 1. The average molecular weight is 385 g/mol. The highest BCUT2D eigenvalue weighted by Crippen LogP contribution is 2.35. The third-order valence-electron chi connectivity index (χ3n) is 4.08. The van der Waals surface area contributed by atoms with Crippen LogP contribution in [0.4, 0.5) is 0 Å². The number of rotatable bonds is 3. The molecule has 0 atom stereocenters. The quantitative estimate of drug-likeness (QED) is 0.527. The van der Waals surface area contributed by atoms with Gasteiger partial charge in [-0.3, -0.25) is 0 Å². The number of nitrogens with zero attached hydrogens (tertiary/aromatic N) is 2. The lowest BCUT2D eigenvalue weighted by Crippen LogP contribution is -2.13. The zero-order chi connectivity index (χ0) is 18.3. The van der Waals surface area contributed by atoms with Gasteiger partial charge in [0.25, 0.3) is 0 Å². The molecule has 0 aliphatic carbocycles. The molecule has 4 aromatic rings. The standard InChI is InChI=1S/C18H13ClN4O2S/c19-17-14(12-4-1-2-6-16(12)26(20,24)25)8-11(9-22-17)15-10-23-18-13(15)5-3-7-21-18/h1-10H,(H,21,23)(H2,20,24,25). The van der Waals surface area contributed by atoms with E-state index in [9.17, 15) is 8.42 Å². The molecule has 8 heteroatoms. The average Bonchev–Trinajstić information content (AvgIpc) is 3.06. The third-order valence-corrected chi connectivity index (χ3v) is 5.36. The summed E-state index contributed by atoms with van der Waals surface area (Å²) in [7, 11) is -3.90. The van der Waals surface area contributed by atoms with Gasteiger partial charge in [-0.05, 0) is 24.3 Å². The van der Waals surface area contributed by atoms with Crippen molar-refractivity contribution in [2.75, 3.05) is 0 Å². The first-order valence-electron chi connectivity index (χ1n) is 7.65. The van der Waals surface area contributed by atoms with Crippen LogP contribution in [-0.2, 0) is 10.0 Å². The van der Waals surface area contributed by atoms with Crippen LogP contribution in [-0.4, -0.2) is 23.4 Å². The minimum Gasteiger partial charge on any atom is -0.346 e. The fourth-order valence-electron chi connectivity index (χ4n) is 2.92. The highest BCUT2D eigenvalue weighted by atomic mass is 35.5. The zero-order valence-electron chi connectivity index (χ0n) is 13.3. The summed E-state index contributed by atoms with van der Waals surface area (Å²) in [6, 6.07) is 12.0. The maximum Gasteiger partial charge on any atom is 0.238 e. The van der Waals surface area contributed by atoms with Crippen molar-refractivity contribution in [3.05, 3.63) is 66.2 Å². The molecule has 0 unspecified atom stereocenters. The summed E-state index contributed by atoms with van der Waals surface area (Å²) in [4.78, 5) is 11.6. The summed E-state index contributed by atoms with van der Waals surface area (Å²) in [6.45, 7) is 0. The van der Waals surface area contributed by atoms with Crippen molar-refractivity contribution in [2.24, 2.45) is 5.14 Å². The van der Waals surface area contributed by atoms with Gasteiger partial charge in [0.1, 0.15) is 10.8 Å². The Morgan fingerprint density at radius 2 is 1.81 bits per heavy atom. The number of primary sulfonamides is 1. The minimum atomic E-state index is -3.90. The molecule has 26 heavy (non-hydrogen) atoms. The lowest BCUT2D eigenvalue weighted by atomic mass is 10.0. The predicted molar refractivity (Wildman–Crippen MR) is 101 cm³/mol. The maximum absolute atomic E-state index is 11.9. The number of pyridine rings is 2. The molecule has 4 rings (SSSR count). The first-order valence-corrected chi connectivity index (χ1v) is 9.58. The number of hydrogen-bond donors (Lipinski definition) is 2. The number of nitrogens with one attached hydrogen (secondary N) is 1. The molecule has 0 spiro atoms. The van der Waals surface area contributed by atoms with Crippen LogP contribution in [0.15, 0.2) is 66.0 Å². The van der Waals surface area contributed by atoms with Gasteiger partial charge in [0, 0.05) is 46.2 Å². The van der Waals surface area contributed by atoms with Crippen LogP contribution in [0.1, 0.15) is 0 Å². The third kappa shape index (κ3) is 2.86. The van der Waals surface area contributed by atoms with Crippen LogP contribution in [0.5, 0.6) is 0 Å². The summed E-state index contributed by atoms with van der Waals surface area (Å²) in [5.74, 6) is 0. The second kappa shape index (κ2) is 6.21. The number of aromatic amines is 1. The topological polar surface area (TPSA) is 102 Å². The number of H-pyrrole nitrogens is 1. The molecular formula is C18H13ClN4O2S. The molecule has 0 amide bonds. The monoisotopic (exact) mass is 384 g/mol. The summed E-state index contributed by atoms with van der Waals surface area (Å²) in [5, 5.41) is 6.48. The highest BCUT2D eigenvalue weighted by molar-refractivity contribution is 7.89. The highest BCUT2D eigenvalue weighted by Gasteiger charge is 2.18. The predicted octanol–water partition coefficient (Wildman–Crippen LogP) is 3.59. The van der Waals surface area contributed by atoms with Crippen molar-refractivity contribution in [3.8, 4) is 22.3 Å². The molecular weight excluding hydrogens is 372 g/mol. The van der Waals surface area contributed by atoms with Crippen molar-refractivity contribution in [1.82, 2.24) is 15.0 Å². The fourth-order valence-corrected chi connectivity index (χ4v) is 3.87. The number of halogens is 1. The van der Waals surface area contributed by atoms with E-state index in [0.29, 0.717) is 11.1 Å². The first-order chi connectivity index (χ1) is 12.4. The van der Waals surface area contributed by atoms with Gasteiger partial charge >= 0.3 is 0 Å². The van der Waals surface area contributed by atoms with E-state index in [2.05, 4.69) is 15.0 Å². The summed E-state index contributed by atoms with van der Waals surface area (Å²) in [6.07, 6.45) is 5.18. The van der Waals surface area contributed by atoms with Crippen LogP contribution in [0.2, 0.25) is 5.15 Å². The van der Waals surface area contributed by atoms with E-state index in [1.165, 1.54) is 6.07 Å². The largest absolute Gasteiger partial charge is 0.346 e. The molecule has 0 fully saturated rings. The minimum absolute atomic E-state index is 0.00134. The molecule has 0 bridgehead atoms. The van der Waals surface area contributed by atoms with Crippen molar-refractivity contribution < 1.29 is 8.42 Å². The van der Waals surface area contributed by atoms with Gasteiger partial charge in [0.05, 0.1) is 4.90 Å². The molecule has 0 aliphatic rings. The van der Waals surface area contributed by atoms with Crippen LogP contribution in [0, 0.1) is 0 Å². The van der Waals surface area contributed by atoms with E-state index < -0.39 is 10.0 Å². The van der Waals surface area contributed by atoms with E-state index in [-0.39, 0.29) is 10.0 Å². The number of fused-ring (bicyclic) bond motifs is 1. The summed E-state index contributed by atoms with van der Waals surface area (Å²) < 4.78 is 23.9. The molecule has 3 heterocycles. The van der Waals surface area contributed by atoms with Crippen molar-refractivity contribution in [2.45, 2.75) is 4.90 Å². The molecule has 3 aromatic heterocycles. The number of sulfonamides is 1. The van der Waals surface area contributed by atoms with Gasteiger partial charge in [0.2, 0.25) is 10.0 Å². The van der Waals surface area contributed by atoms with E-state index in [1.807, 2.05) is 18.3 Å². The van der Waals surface area contributed by atoms with E-state index >= 15 is 0 Å². The molecule has 0 saturated carbocycles. The Balaban J connectivity index is 1.95. The molecule has 1 aromatic carbocycles. The fraction of sp³-hybridized carbons (Fsp3) is 0. The Labute approximate surface area is 154 Å². The molecule has 0 radical (unpaired) electrons. The molecule has 0 aliphatic heterocycles. The normalized spacial score (nSPS) is 11.8. The van der Waals surface area contributed by atoms with Crippen molar-refractivity contribution in [1.29, 1.82) is 0 Å². The lowest BCUT2D eigenvalue weighted by molar-refractivity contribution is 0.598. The smallest absolute Gasteiger partial charge is 0.238 e. The molecule has 130 valence electrons. The first kappa shape index (κ1) is 16.7. The van der Waals surface area contributed by atoms with E-state index in [0.717, 1.165) is 22.2 Å². The second-order valence-corrected chi connectivity index (χ2v) is 7.59. The van der Waals surface area contributed by atoms with Gasteiger partial charge in [-0.2, -0.15) is 0 Å². The van der Waals surface area contributed by atoms with Crippen LogP contribution >= 0.6 is 11.6 Å². The van der Waals surface area contributed by atoms with Gasteiger partial charge in [0.15, 0.2) is 0 Å². The Kier molecular flexibility index (Phi) is 3.99. The van der Waals surface area contributed by atoms with Crippen LogP contribution in [0.3, 0.4) is 0 Å². The van der Waals surface area contributed by atoms with Crippen molar-refractivity contribution >= 4 is 32.7 Å². The van der Waals surface area contributed by atoms with E-state index in [4.69, 9.17) is 16.7 Å². The summed E-state index contributed by atoms with van der Waals surface area (Å²) in [5.41, 5.74) is 3.34. The van der Waals surface area contributed by atoms with Gasteiger partial charge in [-0.25, -0.2) is 23.5 Å². The van der Waals surface area contributed by atoms with Gasteiger partial charge < -0.3 is 4.98 Å². The maximum atomic E-state index is 11.9. The van der Waals surface area contributed by atoms with E-state index in [1.54, 1.807) is 36.7 Å². The second-order valence-electron chi connectivity index (χ2n) is 5.71. The Morgan fingerprint density at radius 1 is 1.00 bits per heavy atom. The zero-order valence-corrected chi connectivity index (χ0v) is 14.9. The van der Waals surface area contributed by atoms with Crippen molar-refractivity contribution in [3.63, 3.8) is 0 Å². The number of benzene rings is 1. The molecule has 3 N–H and O–H groups in total. The van der Waals surface area contributed by atoms with Crippen LogP contribution < -0.4 is 5.14 Å². The Hall–Kier alpha value is -2.74. The number of hydrogen-bond acceptors (Lipinski definition) is 4. The SMILES string of the molecule is NS(=O)(=O)c1ccccc1-c1cc(-c2c[nH]c3ncccc23)cnc1Cl. The molecule has 0 saturated heterocycles. The van der Waals surface area contributed by atoms with Gasteiger partial charge in [-0.15, -0.1) is 0 Å². The van der Waals surface area contributed by atoms with Crippen LogP contribution in [0.25, 0.3) is 33.3 Å². The molecule has 6 nitrogen and oxygen atoms in total. The Bertz CT molecular complexity index is 1230. The Morgan fingerprint density at radius 3 is 2.62 bits per heavy atom.